The van der Waals surface area contributed by atoms with Crippen molar-refractivity contribution in [3.63, 3.8) is 0 Å². The van der Waals surface area contributed by atoms with Crippen molar-refractivity contribution in [2.45, 2.75) is 77.4 Å². The average molecular weight is 923 g/mol. The third kappa shape index (κ3) is 13.2. The first-order valence-corrected chi connectivity index (χ1v) is 24.3. The minimum absolute atomic E-state index is 0.00441. The third-order valence-electron chi connectivity index (χ3n) is 10.2. The maximum Gasteiger partial charge on any atom is 0.427 e. The Morgan fingerprint density at radius 1 is 0.900 bits per heavy atom. The molecular weight excluding hydrogens is 872 g/mol. The second kappa shape index (κ2) is 21.4. The number of sulfone groups is 1. The minimum Gasteiger partial charge on any atom is -0.384 e. The van der Waals surface area contributed by atoms with E-state index in [1.54, 1.807) is 12.1 Å². The molecule has 0 aliphatic heterocycles. The Kier molecular flexibility index (Phi) is 16.9. The summed E-state index contributed by atoms with van der Waals surface area (Å²) in [7, 11) is -8.42. The molecule has 1 atom stereocenters. The van der Waals surface area contributed by atoms with E-state index in [1.807, 2.05) is 68.1 Å². The van der Waals surface area contributed by atoms with Crippen molar-refractivity contribution < 1.29 is 30.4 Å². The molecule has 324 valence electrons. The highest BCUT2D eigenvalue weighted by atomic mass is 35.5. The minimum atomic E-state index is -5.61. The van der Waals surface area contributed by atoms with Gasteiger partial charge in [0.25, 0.3) is 25.8 Å². The van der Waals surface area contributed by atoms with Crippen LogP contribution in [0.3, 0.4) is 0 Å². The number of thioether (sulfide) groups is 1. The topological polar surface area (TPSA) is 137 Å². The van der Waals surface area contributed by atoms with Crippen LogP contribution in [0.2, 0.25) is 5.02 Å². The molecular formula is C43H51Cl2F2N5O5S3. The Bertz CT molecular complexity index is 2310. The molecule has 60 heavy (non-hydrogen) atoms. The van der Waals surface area contributed by atoms with E-state index in [0.717, 1.165) is 49.3 Å². The largest absolute Gasteiger partial charge is 0.427 e. The predicted molar refractivity (Wildman–Crippen MR) is 241 cm³/mol. The lowest BCUT2D eigenvalue weighted by molar-refractivity contribution is 0.0981. The number of rotatable bonds is 21. The summed E-state index contributed by atoms with van der Waals surface area (Å²) in [5, 5.41) is 10.6. The van der Waals surface area contributed by atoms with E-state index in [9.17, 15) is 30.4 Å². The van der Waals surface area contributed by atoms with Gasteiger partial charge in [0.05, 0.1) is 15.5 Å². The summed E-state index contributed by atoms with van der Waals surface area (Å²) in [5.41, 5.74) is 4.41. The quantitative estimate of drug-likeness (QED) is 0.0364. The first kappa shape index (κ1) is 47.4. The number of amides is 1. The zero-order valence-electron chi connectivity index (χ0n) is 33.7. The van der Waals surface area contributed by atoms with Crippen LogP contribution in [0.1, 0.15) is 61.9 Å². The van der Waals surface area contributed by atoms with Gasteiger partial charge in [-0.1, -0.05) is 47.5 Å². The second-order valence-corrected chi connectivity index (χ2v) is 20.7. The summed E-state index contributed by atoms with van der Waals surface area (Å²) in [5.74, 6) is -0.569. The first-order chi connectivity index (χ1) is 28.4. The standard InChI is InChI=1S/C43H51Cl2F2N5O5S3/c1-30(2)52(3)26-23-36(29-58-37-10-5-4-6-11-37)50-40-22-21-38(27-41(40)59(54,55)43(45,46)47)60(56,57)51-42(53)32-15-19-35(20-16-32)49-25-24-48-28-33-9-7-8-12-39(33)31-13-17-34(44)18-14-31/h4-6,10-11,13-22,27,30,36,48-50H,7-9,12,23-26,28-29H2,1-3H3,(H,51,53)/t36-/m1/s1. The number of anilines is 2. The number of allylic oxidation sites excluding steroid dienone is 1. The van der Waals surface area contributed by atoms with Crippen LogP contribution in [0.4, 0.5) is 20.2 Å². The number of nitrogens with one attached hydrogen (secondary N) is 4. The molecule has 0 unspecified atom stereocenters. The van der Waals surface area contributed by atoms with Gasteiger partial charge >= 0.3 is 4.71 Å². The van der Waals surface area contributed by atoms with Crippen molar-refractivity contribution >= 4 is 77.7 Å². The zero-order chi connectivity index (χ0) is 43.5. The Labute approximate surface area is 366 Å². The molecule has 0 radical (unpaired) electrons. The molecule has 1 aliphatic carbocycles. The van der Waals surface area contributed by atoms with Gasteiger partial charge in [-0.15, -0.1) is 11.8 Å². The Hall–Kier alpha value is -3.70. The van der Waals surface area contributed by atoms with Crippen LogP contribution >= 0.6 is 35.0 Å². The van der Waals surface area contributed by atoms with E-state index < -0.39 is 46.3 Å². The molecule has 4 aromatic carbocycles. The van der Waals surface area contributed by atoms with Gasteiger partial charge in [-0.2, -0.15) is 8.78 Å². The van der Waals surface area contributed by atoms with Crippen molar-refractivity contribution in [1.29, 1.82) is 0 Å². The monoisotopic (exact) mass is 921 g/mol. The van der Waals surface area contributed by atoms with Gasteiger partial charge in [0.15, 0.2) is 0 Å². The van der Waals surface area contributed by atoms with Crippen LogP contribution in [0.15, 0.2) is 117 Å². The normalized spacial score (nSPS) is 14.3. The molecule has 1 amide bonds. The van der Waals surface area contributed by atoms with Crippen LogP contribution in [0.25, 0.3) is 5.57 Å². The van der Waals surface area contributed by atoms with E-state index in [0.29, 0.717) is 48.6 Å². The molecule has 0 fully saturated rings. The number of alkyl halides is 3. The van der Waals surface area contributed by atoms with E-state index >= 15 is 0 Å². The van der Waals surface area contributed by atoms with Crippen molar-refractivity contribution in [1.82, 2.24) is 14.9 Å². The predicted octanol–water partition coefficient (Wildman–Crippen LogP) is 9.35. The lowest BCUT2D eigenvalue weighted by atomic mass is 9.87. The molecule has 0 bridgehead atoms. The molecule has 0 heterocycles. The van der Waals surface area contributed by atoms with Gasteiger partial charge in [0.1, 0.15) is 0 Å². The van der Waals surface area contributed by atoms with Gasteiger partial charge in [-0.05, 0) is 142 Å². The van der Waals surface area contributed by atoms with E-state index in [-0.39, 0.29) is 17.3 Å². The van der Waals surface area contributed by atoms with Crippen molar-refractivity contribution in [2.24, 2.45) is 0 Å². The van der Waals surface area contributed by atoms with E-state index in [1.165, 1.54) is 40.6 Å². The summed E-state index contributed by atoms with van der Waals surface area (Å²) in [6.07, 6.45) is 4.88. The first-order valence-electron chi connectivity index (χ1n) is 19.6. The number of benzene rings is 4. The SMILES string of the molecule is CC(C)N(C)CC[C@H](CSc1ccccc1)Nc1ccc(S(=O)(=O)NC(=O)c2ccc(NCCNCC3=C(c4ccc(Cl)cc4)CCCC3)cc2)cc1S(=O)(=O)C(F)(F)Cl. The molecule has 4 N–H and O–H groups in total. The second-order valence-electron chi connectivity index (χ2n) is 14.8. The highest BCUT2D eigenvalue weighted by Crippen LogP contribution is 2.38. The summed E-state index contributed by atoms with van der Waals surface area (Å²) in [6, 6.07) is 26.1. The lowest BCUT2D eigenvalue weighted by Crippen LogP contribution is -2.34. The summed E-state index contributed by atoms with van der Waals surface area (Å²) in [4.78, 5) is 14.4. The Morgan fingerprint density at radius 3 is 2.25 bits per heavy atom. The number of carbonyl (C=O) groups is 1. The summed E-state index contributed by atoms with van der Waals surface area (Å²) in [6.45, 7) is 6.66. The van der Waals surface area contributed by atoms with Crippen LogP contribution in [0.5, 0.6) is 0 Å². The molecule has 4 aromatic rings. The van der Waals surface area contributed by atoms with Gasteiger partial charge in [0.2, 0.25) is 0 Å². The van der Waals surface area contributed by atoms with Crippen LogP contribution < -0.4 is 20.7 Å². The highest BCUT2D eigenvalue weighted by molar-refractivity contribution is 7.99. The molecule has 0 saturated carbocycles. The third-order valence-corrected chi connectivity index (χ3v) is 15.1. The van der Waals surface area contributed by atoms with Gasteiger partial charge in [-0.25, -0.2) is 21.6 Å². The summed E-state index contributed by atoms with van der Waals surface area (Å²) >= 11 is 12.7. The number of hydrogen-bond donors (Lipinski definition) is 4. The number of hydrogen-bond acceptors (Lipinski definition) is 10. The van der Waals surface area contributed by atoms with Crippen LogP contribution in [-0.4, -0.2) is 83.4 Å². The molecule has 17 heteroatoms. The average Bonchev–Trinajstić information content (AvgIpc) is 3.22. The highest BCUT2D eigenvalue weighted by Gasteiger charge is 2.46. The fourth-order valence-electron chi connectivity index (χ4n) is 6.56. The molecule has 0 spiro atoms. The summed E-state index contributed by atoms with van der Waals surface area (Å²) < 4.78 is 79.4. The maximum atomic E-state index is 14.5. The molecule has 10 nitrogen and oxygen atoms in total. The fourth-order valence-corrected chi connectivity index (χ4v) is 9.95. The zero-order valence-corrected chi connectivity index (χ0v) is 37.6. The van der Waals surface area contributed by atoms with Gasteiger partial charge in [-0.3, -0.25) is 4.79 Å². The smallest absolute Gasteiger partial charge is 0.384 e. The van der Waals surface area contributed by atoms with Crippen molar-refractivity contribution in [3.05, 3.63) is 119 Å². The van der Waals surface area contributed by atoms with Gasteiger partial charge < -0.3 is 20.9 Å². The molecule has 5 rings (SSSR count). The van der Waals surface area contributed by atoms with Crippen LogP contribution in [-0.2, 0) is 19.9 Å². The fraction of sp³-hybridized carbons (Fsp3) is 0.372. The van der Waals surface area contributed by atoms with Crippen molar-refractivity contribution in [3.8, 4) is 0 Å². The maximum absolute atomic E-state index is 14.5. The number of nitrogens with zero attached hydrogens (tertiary/aromatic N) is 1. The van der Waals surface area contributed by atoms with Crippen molar-refractivity contribution in [2.75, 3.05) is 49.6 Å². The van der Waals surface area contributed by atoms with E-state index in [2.05, 4.69) is 33.0 Å². The lowest BCUT2D eigenvalue weighted by Gasteiger charge is -2.26. The molecule has 0 saturated heterocycles. The Balaban J connectivity index is 1.24. The number of halogens is 4. The van der Waals surface area contributed by atoms with Gasteiger partial charge in [0, 0.05) is 65.2 Å². The van der Waals surface area contributed by atoms with E-state index in [4.69, 9.17) is 23.2 Å². The molecule has 0 aromatic heterocycles. The number of carbonyl (C=O) groups excluding carboxylic acids is 1. The van der Waals surface area contributed by atoms with Crippen LogP contribution in [0, 0.1) is 0 Å². The Morgan fingerprint density at radius 2 is 1.58 bits per heavy atom. The molecule has 1 aliphatic rings. The number of sulfonamides is 1.